The molecule has 2 rings (SSSR count). The van der Waals surface area contributed by atoms with Crippen LogP contribution in [0.3, 0.4) is 0 Å². The molecule has 1 aromatic rings. The summed E-state index contributed by atoms with van der Waals surface area (Å²) in [5, 5.41) is 8.91. The van der Waals surface area contributed by atoms with Crippen molar-refractivity contribution in [2.24, 2.45) is 5.73 Å². The zero-order valence-corrected chi connectivity index (χ0v) is 11.1. The van der Waals surface area contributed by atoms with Gasteiger partial charge in [-0.2, -0.15) is 0 Å². The largest absolute Gasteiger partial charge is 0.396 e. The van der Waals surface area contributed by atoms with E-state index in [9.17, 15) is 4.79 Å². The summed E-state index contributed by atoms with van der Waals surface area (Å²) in [6.45, 7) is 1.29. The SMILES string of the molecule is NCCc1ccc2c(c1)N(CCCO)C(=O)CS2. The number of nitrogens with two attached hydrogens (primary N) is 1. The van der Waals surface area contributed by atoms with Crippen LogP contribution in [0, 0.1) is 0 Å². The van der Waals surface area contributed by atoms with E-state index >= 15 is 0 Å². The summed E-state index contributed by atoms with van der Waals surface area (Å²) in [6.07, 6.45) is 1.43. The van der Waals surface area contributed by atoms with Crippen molar-refractivity contribution in [3.05, 3.63) is 23.8 Å². The van der Waals surface area contributed by atoms with Crippen LogP contribution < -0.4 is 10.6 Å². The van der Waals surface area contributed by atoms with Gasteiger partial charge in [-0.1, -0.05) is 6.07 Å². The number of aliphatic hydroxyl groups is 1. The van der Waals surface area contributed by atoms with Crippen LogP contribution in [0.1, 0.15) is 12.0 Å². The van der Waals surface area contributed by atoms with Crippen molar-refractivity contribution in [3.63, 3.8) is 0 Å². The minimum atomic E-state index is 0.106. The fourth-order valence-corrected chi connectivity index (χ4v) is 2.96. The Morgan fingerprint density at radius 1 is 1.44 bits per heavy atom. The van der Waals surface area contributed by atoms with Crippen LogP contribution in [-0.2, 0) is 11.2 Å². The van der Waals surface area contributed by atoms with Gasteiger partial charge in [0.2, 0.25) is 5.91 Å². The quantitative estimate of drug-likeness (QED) is 0.834. The minimum Gasteiger partial charge on any atom is -0.396 e. The van der Waals surface area contributed by atoms with Crippen LogP contribution in [0.5, 0.6) is 0 Å². The van der Waals surface area contributed by atoms with Gasteiger partial charge in [0.1, 0.15) is 0 Å². The summed E-state index contributed by atoms with van der Waals surface area (Å²) >= 11 is 1.58. The molecule has 0 aliphatic carbocycles. The number of benzene rings is 1. The predicted molar refractivity (Wildman–Crippen MR) is 74.0 cm³/mol. The Morgan fingerprint density at radius 2 is 2.28 bits per heavy atom. The maximum absolute atomic E-state index is 11.9. The van der Waals surface area contributed by atoms with Crippen molar-refractivity contribution < 1.29 is 9.90 Å². The number of aliphatic hydroxyl groups excluding tert-OH is 1. The highest BCUT2D eigenvalue weighted by atomic mass is 32.2. The van der Waals surface area contributed by atoms with E-state index in [0.29, 0.717) is 25.3 Å². The summed E-state index contributed by atoms with van der Waals surface area (Å²) in [6, 6.07) is 6.17. The van der Waals surface area contributed by atoms with Crippen LogP contribution in [0.2, 0.25) is 0 Å². The standard InChI is InChI=1S/C13H18N2O2S/c14-5-4-10-2-3-12-11(8-10)15(6-1-7-16)13(17)9-18-12/h2-3,8,16H,1,4-7,9,14H2. The number of amides is 1. The lowest BCUT2D eigenvalue weighted by Gasteiger charge is -2.29. The minimum absolute atomic E-state index is 0.106. The molecule has 1 aromatic carbocycles. The first kappa shape index (κ1) is 13.4. The monoisotopic (exact) mass is 266 g/mol. The van der Waals surface area contributed by atoms with E-state index in [4.69, 9.17) is 10.8 Å². The molecule has 3 N–H and O–H groups in total. The molecule has 0 saturated carbocycles. The van der Waals surface area contributed by atoms with Gasteiger partial charge in [-0.05, 0) is 37.1 Å². The van der Waals surface area contributed by atoms with Gasteiger partial charge in [-0.3, -0.25) is 4.79 Å². The molecule has 4 nitrogen and oxygen atoms in total. The van der Waals surface area contributed by atoms with Gasteiger partial charge in [0, 0.05) is 18.0 Å². The molecule has 1 amide bonds. The Kier molecular flexibility index (Phi) is 4.63. The van der Waals surface area contributed by atoms with Gasteiger partial charge >= 0.3 is 0 Å². The van der Waals surface area contributed by atoms with Gasteiger partial charge < -0.3 is 15.7 Å². The highest BCUT2D eigenvalue weighted by Crippen LogP contribution is 2.36. The summed E-state index contributed by atoms with van der Waals surface area (Å²) in [4.78, 5) is 14.8. The van der Waals surface area contributed by atoms with Gasteiger partial charge in [0.05, 0.1) is 11.4 Å². The fourth-order valence-electron chi connectivity index (χ4n) is 2.04. The fraction of sp³-hybridized carbons (Fsp3) is 0.462. The molecule has 5 heteroatoms. The maximum Gasteiger partial charge on any atom is 0.237 e. The summed E-state index contributed by atoms with van der Waals surface area (Å²) in [7, 11) is 0. The molecule has 1 aliphatic heterocycles. The zero-order chi connectivity index (χ0) is 13.0. The van der Waals surface area contributed by atoms with Crippen molar-refractivity contribution >= 4 is 23.4 Å². The zero-order valence-electron chi connectivity index (χ0n) is 10.3. The molecular weight excluding hydrogens is 248 g/mol. The Bertz CT molecular complexity index is 437. The molecule has 98 valence electrons. The topological polar surface area (TPSA) is 66.6 Å². The number of hydrogen-bond donors (Lipinski definition) is 2. The molecular formula is C13H18N2O2S. The number of thioether (sulfide) groups is 1. The van der Waals surface area contributed by atoms with Crippen molar-refractivity contribution in [2.75, 3.05) is 30.3 Å². The number of fused-ring (bicyclic) bond motifs is 1. The third kappa shape index (κ3) is 2.85. The molecule has 0 bridgehead atoms. The number of carbonyl (C=O) groups is 1. The van der Waals surface area contributed by atoms with Crippen LogP contribution in [0.4, 0.5) is 5.69 Å². The summed E-state index contributed by atoms with van der Waals surface area (Å²) in [5.41, 5.74) is 7.68. The molecule has 1 aliphatic rings. The molecule has 0 atom stereocenters. The first-order chi connectivity index (χ1) is 8.76. The second kappa shape index (κ2) is 6.22. The van der Waals surface area contributed by atoms with Crippen LogP contribution in [-0.4, -0.2) is 36.5 Å². The molecule has 1 heterocycles. The number of carbonyl (C=O) groups excluding carboxylic acids is 1. The normalized spacial score (nSPS) is 14.8. The number of anilines is 1. The summed E-state index contributed by atoms with van der Waals surface area (Å²) < 4.78 is 0. The average Bonchev–Trinajstić information content (AvgIpc) is 2.38. The number of hydrogen-bond acceptors (Lipinski definition) is 4. The maximum atomic E-state index is 11.9. The van der Waals surface area contributed by atoms with Gasteiger partial charge in [0.15, 0.2) is 0 Å². The number of rotatable bonds is 5. The second-order valence-electron chi connectivity index (χ2n) is 4.25. The van der Waals surface area contributed by atoms with Crippen LogP contribution >= 0.6 is 11.8 Å². The highest BCUT2D eigenvalue weighted by Gasteiger charge is 2.24. The molecule has 0 unspecified atom stereocenters. The van der Waals surface area contributed by atoms with E-state index in [1.807, 2.05) is 6.07 Å². The Balaban J connectivity index is 2.27. The van der Waals surface area contributed by atoms with Gasteiger partial charge in [-0.15, -0.1) is 11.8 Å². The Morgan fingerprint density at radius 3 is 3.00 bits per heavy atom. The molecule has 18 heavy (non-hydrogen) atoms. The van der Waals surface area contributed by atoms with Gasteiger partial charge in [-0.25, -0.2) is 0 Å². The van der Waals surface area contributed by atoms with E-state index in [0.717, 1.165) is 22.6 Å². The third-order valence-corrected chi connectivity index (χ3v) is 3.99. The smallest absolute Gasteiger partial charge is 0.237 e. The average molecular weight is 266 g/mol. The van der Waals surface area contributed by atoms with E-state index < -0.39 is 0 Å². The summed E-state index contributed by atoms with van der Waals surface area (Å²) in [5.74, 6) is 0.597. The molecule has 0 radical (unpaired) electrons. The van der Waals surface area contributed by atoms with E-state index in [1.54, 1.807) is 16.7 Å². The Hall–Kier alpha value is -1.04. The van der Waals surface area contributed by atoms with Crippen molar-refractivity contribution in [3.8, 4) is 0 Å². The number of nitrogens with zero attached hydrogens (tertiary/aromatic N) is 1. The third-order valence-electron chi connectivity index (χ3n) is 2.94. The first-order valence-corrected chi connectivity index (χ1v) is 7.12. The lowest BCUT2D eigenvalue weighted by Crippen LogP contribution is -2.36. The highest BCUT2D eigenvalue weighted by molar-refractivity contribution is 8.00. The second-order valence-corrected chi connectivity index (χ2v) is 5.27. The van der Waals surface area contributed by atoms with Crippen LogP contribution in [0.15, 0.2) is 23.1 Å². The predicted octanol–water partition coefficient (Wildman–Crippen LogP) is 1.01. The molecule has 0 aromatic heterocycles. The molecule has 0 saturated heterocycles. The van der Waals surface area contributed by atoms with Crippen molar-refractivity contribution in [2.45, 2.75) is 17.7 Å². The van der Waals surface area contributed by atoms with Crippen LogP contribution in [0.25, 0.3) is 0 Å². The van der Waals surface area contributed by atoms with E-state index in [2.05, 4.69) is 12.1 Å². The lowest BCUT2D eigenvalue weighted by molar-refractivity contribution is -0.116. The van der Waals surface area contributed by atoms with Crippen molar-refractivity contribution in [1.82, 2.24) is 0 Å². The molecule has 0 spiro atoms. The Labute approximate surface area is 111 Å². The van der Waals surface area contributed by atoms with E-state index in [1.165, 1.54) is 0 Å². The van der Waals surface area contributed by atoms with Crippen molar-refractivity contribution in [1.29, 1.82) is 0 Å². The first-order valence-electron chi connectivity index (χ1n) is 6.13. The van der Waals surface area contributed by atoms with E-state index in [-0.39, 0.29) is 12.5 Å². The molecule has 0 fully saturated rings. The lowest BCUT2D eigenvalue weighted by atomic mass is 10.1. The van der Waals surface area contributed by atoms with Gasteiger partial charge in [0.25, 0.3) is 0 Å².